The Morgan fingerprint density at radius 2 is 1.87 bits per heavy atom. The summed E-state index contributed by atoms with van der Waals surface area (Å²) >= 11 is 2.02. The smallest absolute Gasteiger partial charge is 0.0840 e. The number of nitrogens with zero attached hydrogens (tertiary/aromatic N) is 1. The molecule has 4 rings (SSSR count). The van der Waals surface area contributed by atoms with Crippen LogP contribution in [0.1, 0.15) is 24.3 Å². The second kappa shape index (κ2) is 6.42. The van der Waals surface area contributed by atoms with E-state index in [0.717, 1.165) is 6.54 Å². The predicted octanol–water partition coefficient (Wildman–Crippen LogP) is 4.82. The molecule has 0 saturated heterocycles. The fourth-order valence-corrected chi connectivity index (χ4v) is 5.02. The van der Waals surface area contributed by atoms with Crippen LogP contribution in [0.5, 0.6) is 0 Å². The van der Waals surface area contributed by atoms with Crippen molar-refractivity contribution in [2.45, 2.75) is 23.8 Å². The zero-order valence-corrected chi connectivity index (χ0v) is 14.3. The fraction of sp³-hybridized carbons (Fsp3) is 0.300. The Hall–Kier alpha value is -1.71. The maximum absolute atomic E-state index is 3.32. The zero-order chi connectivity index (χ0) is 15.6. The zero-order valence-electron chi connectivity index (χ0n) is 13.5. The fourth-order valence-electron chi connectivity index (χ4n) is 3.66. The molecule has 0 aliphatic carbocycles. The third-order valence-electron chi connectivity index (χ3n) is 4.74. The van der Waals surface area contributed by atoms with Crippen LogP contribution in [0.2, 0.25) is 0 Å². The van der Waals surface area contributed by atoms with Crippen molar-refractivity contribution in [3.63, 3.8) is 0 Å². The maximum atomic E-state index is 3.32. The molecule has 2 aromatic carbocycles. The van der Waals surface area contributed by atoms with Gasteiger partial charge in [0.1, 0.15) is 0 Å². The van der Waals surface area contributed by atoms with Crippen molar-refractivity contribution in [3.05, 3.63) is 60.2 Å². The Kier molecular flexibility index (Phi) is 4.15. The first-order valence-electron chi connectivity index (χ1n) is 8.36. The van der Waals surface area contributed by atoms with E-state index in [9.17, 15) is 0 Å². The van der Waals surface area contributed by atoms with Crippen molar-refractivity contribution in [2.75, 3.05) is 19.3 Å². The summed E-state index contributed by atoms with van der Waals surface area (Å²) in [5.74, 6) is 1.87. The molecule has 0 saturated carbocycles. The molecule has 23 heavy (non-hydrogen) atoms. The molecule has 3 heteroatoms. The molecule has 0 bridgehead atoms. The molecule has 3 aromatic rings. The van der Waals surface area contributed by atoms with Crippen LogP contribution >= 0.6 is 11.8 Å². The molecular weight excluding hydrogens is 300 g/mol. The Balaban J connectivity index is 1.94. The number of rotatable bonds is 4. The number of aromatic nitrogens is 1. The number of nitrogens with one attached hydrogen (secondary N) is 1. The standard InChI is InChI=1S/C20H22N2S/c1-21-13-11-15-12-14-23-20-19(15)17-9-5-6-10-18(17)22(20)16-7-3-2-4-8-16/h2-10,15,21H,11-14H2,1H3. The van der Waals surface area contributed by atoms with Crippen molar-refractivity contribution in [2.24, 2.45) is 0 Å². The van der Waals surface area contributed by atoms with Gasteiger partial charge in [0.2, 0.25) is 0 Å². The van der Waals surface area contributed by atoms with Gasteiger partial charge in [-0.2, -0.15) is 0 Å². The van der Waals surface area contributed by atoms with Crippen LogP contribution in [-0.4, -0.2) is 23.9 Å². The van der Waals surface area contributed by atoms with Crippen LogP contribution in [-0.2, 0) is 0 Å². The highest BCUT2D eigenvalue weighted by molar-refractivity contribution is 7.99. The summed E-state index contributed by atoms with van der Waals surface area (Å²) in [6.45, 7) is 1.08. The van der Waals surface area contributed by atoms with Gasteiger partial charge in [0.15, 0.2) is 0 Å². The van der Waals surface area contributed by atoms with E-state index in [4.69, 9.17) is 0 Å². The predicted molar refractivity (Wildman–Crippen MR) is 99.9 cm³/mol. The summed E-state index contributed by atoms with van der Waals surface area (Å²) in [5, 5.41) is 6.20. The van der Waals surface area contributed by atoms with Gasteiger partial charge in [-0.3, -0.25) is 0 Å². The Bertz CT molecular complexity index is 807. The van der Waals surface area contributed by atoms with Gasteiger partial charge in [-0.25, -0.2) is 0 Å². The van der Waals surface area contributed by atoms with Crippen LogP contribution in [0.25, 0.3) is 16.6 Å². The Morgan fingerprint density at radius 1 is 1.09 bits per heavy atom. The molecule has 1 unspecified atom stereocenters. The van der Waals surface area contributed by atoms with E-state index < -0.39 is 0 Å². The molecule has 1 aromatic heterocycles. The van der Waals surface area contributed by atoms with Crippen molar-refractivity contribution < 1.29 is 0 Å². The summed E-state index contributed by atoms with van der Waals surface area (Å²) in [4.78, 5) is 0. The van der Waals surface area contributed by atoms with E-state index in [2.05, 4.69) is 64.5 Å². The van der Waals surface area contributed by atoms with E-state index in [-0.39, 0.29) is 0 Å². The molecule has 1 N–H and O–H groups in total. The first-order valence-corrected chi connectivity index (χ1v) is 9.35. The normalized spacial score (nSPS) is 17.3. The van der Waals surface area contributed by atoms with Gasteiger partial charge in [-0.15, -0.1) is 11.8 Å². The van der Waals surface area contributed by atoms with E-state index >= 15 is 0 Å². The van der Waals surface area contributed by atoms with Gasteiger partial charge in [0.05, 0.1) is 10.5 Å². The first kappa shape index (κ1) is 14.9. The molecule has 0 radical (unpaired) electrons. The summed E-state index contributed by atoms with van der Waals surface area (Å²) in [5.41, 5.74) is 4.18. The molecule has 1 aliphatic rings. The molecule has 118 valence electrons. The average Bonchev–Trinajstić information content (AvgIpc) is 2.95. The lowest BCUT2D eigenvalue weighted by Gasteiger charge is -2.24. The number of hydrogen-bond acceptors (Lipinski definition) is 2. The molecule has 0 amide bonds. The molecule has 1 atom stereocenters. The minimum absolute atomic E-state index is 0.661. The highest BCUT2D eigenvalue weighted by atomic mass is 32.2. The van der Waals surface area contributed by atoms with E-state index in [0.29, 0.717) is 5.92 Å². The second-order valence-electron chi connectivity index (χ2n) is 6.13. The quantitative estimate of drug-likeness (QED) is 0.741. The Labute approximate surface area is 141 Å². The number of hydrogen-bond donors (Lipinski definition) is 1. The SMILES string of the molecule is CNCCC1CCSc2c1c1ccccc1n2-c1ccccc1. The monoisotopic (exact) mass is 322 g/mol. The maximum Gasteiger partial charge on any atom is 0.0840 e. The molecule has 1 aliphatic heterocycles. The Morgan fingerprint density at radius 3 is 2.70 bits per heavy atom. The van der Waals surface area contributed by atoms with Gasteiger partial charge < -0.3 is 9.88 Å². The van der Waals surface area contributed by atoms with Crippen LogP contribution in [0.3, 0.4) is 0 Å². The lowest BCUT2D eigenvalue weighted by molar-refractivity contribution is 0.570. The molecular formula is C20H22N2S. The van der Waals surface area contributed by atoms with Crippen LogP contribution in [0.15, 0.2) is 59.6 Å². The summed E-state index contributed by atoms with van der Waals surface area (Å²) < 4.78 is 2.46. The number of benzene rings is 2. The topological polar surface area (TPSA) is 17.0 Å². The van der Waals surface area contributed by atoms with Gasteiger partial charge in [-0.05, 0) is 56.1 Å². The van der Waals surface area contributed by atoms with Crippen molar-refractivity contribution >= 4 is 22.7 Å². The third kappa shape index (κ3) is 2.58. The van der Waals surface area contributed by atoms with Crippen molar-refractivity contribution in [1.82, 2.24) is 9.88 Å². The lowest BCUT2D eigenvalue weighted by atomic mass is 9.92. The van der Waals surface area contributed by atoms with Crippen LogP contribution in [0, 0.1) is 0 Å². The van der Waals surface area contributed by atoms with Gasteiger partial charge >= 0.3 is 0 Å². The van der Waals surface area contributed by atoms with Crippen LogP contribution < -0.4 is 5.32 Å². The lowest BCUT2D eigenvalue weighted by Crippen LogP contribution is -2.15. The van der Waals surface area contributed by atoms with Crippen molar-refractivity contribution in [1.29, 1.82) is 0 Å². The van der Waals surface area contributed by atoms with E-state index in [1.165, 1.54) is 40.2 Å². The van der Waals surface area contributed by atoms with Gasteiger partial charge in [0, 0.05) is 16.8 Å². The summed E-state index contributed by atoms with van der Waals surface area (Å²) in [7, 11) is 2.05. The minimum Gasteiger partial charge on any atom is -0.320 e. The molecule has 2 heterocycles. The summed E-state index contributed by atoms with van der Waals surface area (Å²) in [6, 6.07) is 19.7. The average molecular weight is 322 g/mol. The van der Waals surface area contributed by atoms with E-state index in [1.54, 1.807) is 5.56 Å². The largest absolute Gasteiger partial charge is 0.320 e. The minimum atomic E-state index is 0.661. The van der Waals surface area contributed by atoms with E-state index in [1.807, 2.05) is 18.8 Å². The van der Waals surface area contributed by atoms with Gasteiger partial charge in [-0.1, -0.05) is 36.4 Å². The third-order valence-corrected chi connectivity index (χ3v) is 5.85. The number of fused-ring (bicyclic) bond motifs is 3. The number of thioether (sulfide) groups is 1. The molecule has 0 fully saturated rings. The second-order valence-corrected chi connectivity index (χ2v) is 7.22. The molecule has 2 nitrogen and oxygen atoms in total. The van der Waals surface area contributed by atoms with Crippen molar-refractivity contribution in [3.8, 4) is 5.69 Å². The summed E-state index contributed by atoms with van der Waals surface area (Å²) in [6.07, 6.45) is 2.50. The molecule has 0 spiro atoms. The highest BCUT2D eigenvalue weighted by Crippen LogP contribution is 2.46. The number of para-hydroxylation sites is 2. The van der Waals surface area contributed by atoms with Gasteiger partial charge in [0.25, 0.3) is 0 Å². The highest BCUT2D eigenvalue weighted by Gasteiger charge is 2.28. The first-order chi connectivity index (χ1) is 11.4. The van der Waals surface area contributed by atoms with Crippen LogP contribution in [0.4, 0.5) is 0 Å².